The van der Waals surface area contributed by atoms with Crippen molar-refractivity contribution in [2.24, 2.45) is 5.92 Å². The summed E-state index contributed by atoms with van der Waals surface area (Å²) < 4.78 is 5.39. The molecular formula is C17H25NO. The van der Waals surface area contributed by atoms with Crippen molar-refractivity contribution in [3.8, 4) is 5.75 Å². The fourth-order valence-corrected chi connectivity index (χ4v) is 3.40. The highest BCUT2D eigenvalue weighted by Crippen LogP contribution is 2.49. The second-order valence-electron chi connectivity index (χ2n) is 6.35. The molecule has 2 saturated carbocycles. The molecule has 2 nitrogen and oxygen atoms in total. The van der Waals surface area contributed by atoms with E-state index < -0.39 is 0 Å². The standard InChI is InChI=1S/C17H25NO/c1-3-13-10-17(11-13,12-18-15-7-8-15)14-5-4-6-16(9-14)19-2/h4-6,9,13,15,18H,3,7-8,10-12H2,1-2H3. The minimum atomic E-state index is 0.359. The smallest absolute Gasteiger partial charge is 0.119 e. The third-order valence-corrected chi connectivity index (χ3v) is 4.92. The quantitative estimate of drug-likeness (QED) is 0.844. The summed E-state index contributed by atoms with van der Waals surface area (Å²) in [6.07, 6.45) is 6.71. The van der Waals surface area contributed by atoms with Gasteiger partial charge in [0, 0.05) is 18.0 Å². The van der Waals surface area contributed by atoms with Gasteiger partial charge in [-0.15, -0.1) is 0 Å². The summed E-state index contributed by atoms with van der Waals surface area (Å²) in [5.74, 6) is 1.90. The maximum Gasteiger partial charge on any atom is 0.119 e. The van der Waals surface area contributed by atoms with Crippen LogP contribution in [0.1, 0.15) is 44.6 Å². The van der Waals surface area contributed by atoms with Crippen LogP contribution in [0.15, 0.2) is 24.3 Å². The average molecular weight is 259 g/mol. The first-order chi connectivity index (χ1) is 9.25. The zero-order valence-electron chi connectivity index (χ0n) is 12.1. The molecule has 1 N–H and O–H groups in total. The van der Waals surface area contributed by atoms with Gasteiger partial charge in [0.05, 0.1) is 7.11 Å². The van der Waals surface area contributed by atoms with Crippen molar-refractivity contribution in [3.05, 3.63) is 29.8 Å². The van der Waals surface area contributed by atoms with Gasteiger partial charge in [-0.2, -0.15) is 0 Å². The monoisotopic (exact) mass is 259 g/mol. The Labute approximate surface area is 116 Å². The van der Waals surface area contributed by atoms with Gasteiger partial charge in [0.15, 0.2) is 0 Å². The van der Waals surface area contributed by atoms with E-state index in [9.17, 15) is 0 Å². The van der Waals surface area contributed by atoms with E-state index in [1.165, 1.54) is 37.7 Å². The van der Waals surface area contributed by atoms with Crippen molar-refractivity contribution in [1.82, 2.24) is 5.32 Å². The number of ether oxygens (including phenoxy) is 1. The van der Waals surface area contributed by atoms with Crippen LogP contribution in [0.2, 0.25) is 0 Å². The molecule has 0 aromatic heterocycles. The van der Waals surface area contributed by atoms with Crippen molar-refractivity contribution in [2.45, 2.75) is 50.5 Å². The zero-order chi connectivity index (χ0) is 13.3. The highest BCUT2D eigenvalue weighted by Gasteiger charge is 2.45. The van der Waals surface area contributed by atoms with E-state index in [2.05, 4.69) is 30.4 Å². The Balaban J connectivity index is 1.77. The molecular weight excluding hydrogens is 234 g/mol. The number of hydrogen-bond acceptors (Lipinski definition) is 2. The highest BCUT2D eigenvalue weighted by molar-refractivity contribution is 5.36. The first-order valence-corrected chi connectivity index (χ1v) is 7.63. The van der Waals surface area contributed by atoms with Crippen LogP contribution in [0, 0.1) is 5.92 Å². The van der Waals surface area contributed by atoms with Gasteiger partial charge in [-0.1, -0.05) is 25.5 Å². The molecule has 0 aliphatic heterocycles. The van der Waals surface area contributed by atoms with Crippen molar-refractivity contribution in [2.75, 3.05) is 13.7 Å². The van der Waals surface area contributed by atoms with Crippen molar-refractivity contribution in [3.63, 3.8) is 0 Å². The Kier molecular flexibility index (Phi) is 3.53. The first kappa shape index (κ1) is 13.0. The summed E-state index contributed by atoms with van der Waals surface area (Å²) in [4.78, 5) is 0. The lowest BCUT2D eigenvalue weighted by Crippen LogP contribution is -2.49. The van der Waals surface area contributed by atoms with E-state index in [0.29, 0.717) is 5.41 Å². The lowest BCUT2D eigenvalue weighted by atomic mass is 9.58. The van der Waals surface area contributed by atoms with Gasteiger partial charge in [-0.05, 0) is 49.3 Å². The predicted octanol–water partition coefficient (Wildman–Crippen LogP) is 3.51. The summed E-state index contributed by atoms with van der Waals surface area (Å²) >= 11 is 0. The summed E-state index contributed by atoms with van der Waals surface area (Å²) in [5, 5.41) is 3.74. The van der Waals surface area contributed by atoms with Crippen LogP contribution in [-0.4, -0.2) is 19.7 Å². The molecule has 0 amide bonds. The van der Waals surface area contributed by atoms with E-state index in [1.54, 1.807) is 7.11 Å². The minimum Gasteiger partial charge on any atom is -0.497 e. The topological polar surface area (TPSA) is 21.3 Å². The molecule has 2 aliphatic carbocycles. The average Bonchev–Trinajstić information content (AvgIpc) is 3.22. The van der Waals surface area contributed by atoms with Gasteiger partial charge in [0.1, 0.15) is 5.75 Å². The molecule has 1 aromatic rings. The fourth-order valence-electron chi connectivity index (χ4n) is 3.40. The largest absolute Gasteiger partial charge is 0.497 e. The fraction of sp³-hybridized carbons (Fsp3) is 0.647. The Morgan fingerprint density at radius 3 is 2.74 bits per heavy atom. The van der Waals surface area contributed by atoms with Crippen LogP contribution in [0.5, 0.6) is 5.75 Å². The van der Waals surface area contributed by atoms with E-state index in [4.69, 9.17) is 4.74 Å². The Morgan fingerprint density at radius 1 is 1.32 bits per heavy atom. The third-order valence-electron chi connectivity index (χ3n) is 4.92. The number of nitrogens with one attached hydrogen (secondary N) is 1. The molecule has 0 atom stereocenters. The van der Waals surface area contributed by atoms with Gasteiger partial charge in [-0.25, -0.2) is 0 Å². The predicted molar refractivity (Wildman–Crippen MR) is 78.7 cm³/mol. The van der Waals surface area contributed by atoms with Crippen LogP contribution >= 0.6 is 0 Å². The van der Waals surface area contributed by atoms with Crippen LogP contribution in [0.25, 0.3) is 0 Å². The summed E-state index contributed by atoms with van der Waals surface area (Å²) in [7, 11) is 1.75. The summed E-state index contributed by atoms with van der Waals surface area (Å²) in [6.45, 7) is 3.45. The maximum atomic E-state index is 5.39. The molecule has 0 radical (unpaired) electrons. The van der Waals surface area contributed by atoms with Crippen LogP contribution in [0.3, 0.4) is 0 Å². The van der Waals surface area contributed by atoms with Gasteiger partial charge < -0.3 is 10.1 Å². The Bertz CT molecular complexity index is 433. The minimum absolute atomic E-state index is 0.359. The number of hydrogen-bond donors (Lipinski definition) is 1. The number of rotatable bonds is 6. The molecule has 0 heterocycles. The van der Waals surface area contributed by atoms with Crippen LogP contribution < -0.4 is 10.1 Å². The van der Waals surface area contributed by atoms with Crippen molar-refractivity contribution >= 4 is 0 Å². The highest BCUT2D eigenvalue weighted by atomic mass is 16.5. The lowest BCUT2D eigenvalue weighted by Gasteiger charge is -2.48. The van der Waals surface area contributed by atoms with Crippen LogP contribution in [-0.2, 0) is 5.41 Å². The number of benzene rings is 1. The van der Waals surface area contributed by atoms with E-state index in [1.807, 2.05) is 6.07 Å². The summed E-state index contributed by atoms with van der Waals surface area (Å²) in [5.41, 5.74) is 1.82. The molecule has 1 aromatic carbocycles. The maximum absolute atomic E-state index is 5.39. The molecule has 2 heteroatoms. The van der Waals surface area contributed by atoms with Gasteiger partial charge >= 0.3 is 0 Å². The molecule has 19 heavy (non-hydrogen) atoms. The van der Waals surface area contributed by atoms with E-state index >= 15 is 0 Å². The van der Waals surface area contributed by atoms with E-state index in [-0.39, 0.29) is 0 Å². The molecule has 0 bridgehead atoms. The molecule has 104 valence electrons. The zero-order valence-corrected chi connectivity index (χ0v) is 12.1. The second-order valence-corrected chi connectivity index (χ2v) is 6.35. The third kappa shape index (κ3) is 2.64. The molecule has 2 aliphatic rings. The first-order valence-electron chi connectivity index (χ1n) is 7.63. The van der Waals surface area contributed by atoms with Gasteiger partial charge in [0.25, 0.3) is 0 Å². The molecule has 0 unspecified atom stereocenters. The SMILES string of the molecule is CCC1CC(CNC2CC2)(c2cccc(OC)c2)C1. The Hall–Kier alpha value is -1.02. The number of methoxy groups -OCH3 is 1. The summed E-state index contributed by atoms with van der Waals surface area (Å²) in [6, 6.07) is 9.49. The molecule has 2 fully saturated rings. The van der Waals surface area contributed by atoms with Gasteiger partial charge in [-0.3, -0.25) is 0 Å². The second kappa shape index (κ2) is 5.16. The van der Waals surface area contributed by atoms with Gasteiger partial charge in [0.2, 0.25) is 0 Å². The van der Waals surface area contributed by atoms with Crippen molar-refractivity contribution in [1.29, 1.82) is 0 Å². The van der Waals surface area contributed by atoms with Crippen molar-refractivity contribution < 1.29 is 4.74 Å². The molecule has 0 spiro atoms. The van der Waals surface area contributed by atoms with Crippen LogP contribution in [0.4, 0.5) is 0 Å². The van der Waals surface area contributed by atoms with E-state index in [0.717, 1.165) is 24.3 Å². The molecule has 3 rings (SSSR count). The Morgan fingerprint density at radius 2 is 2.11 bits per heavy atom. The lowest BCUT2D eigenvalue weighted by molar-refractivity contribution is 0.133. The molecule has 0 saturated heterocycles. The normalized spacial score (nSPS) is 29.9.